The van der Waals surface area contributed by atoms with Crippen LogP contribution in [0.2, 0.25) is 0 Å². The van der Waals surface area contributed by atoms with Crippen molar-refractivity contribution in [3.63, 3.8) is 0 Å². The van der Waals surface area contributed by atoms with E-state index < -0.39 is 0 Å². The summed E-state index contributed by atoms with van der Waals surface area (Å²) >= 11 is 0. The first-order valence-corrected chi connectivity index (χ1v) is 6.58. The van der Waals surface area contributed by atoms with Crippen molar-refractivity contribution in [2.45, 2.75) is 20.8 Å². The minimum atomic E-state index is 0.0785. The quantitative estimate of drug-likeness (QED) is 0.830. The highest BCUT2D eigenvalue weighted by Gasteiger charge is 2.09. The Morgan fingerprint density at radius 2 is 2.05 bits per heavy atom. The standard InChI is InChI=1S/C17H21NO/c1-5-14(11-19)7-9-16-13(3)15-10-12(2)6-8-17(15)18(16)4/h5-10,19H,11H2,1-4H3/b9-7-,14-5+. The van der Waals surface area contributed by atoms with Crippen LogP contribution < -0.4 is 0 Å². The molecule has 1 aromatic carbocycles. The lowest BCUT2D eigenvalue weighted by molar-refractivity contribution is 0.335. The summed E-state index contributed by atoms with van der Waals surface area (Å²) in [7, 11) is 2.08. The van der Waals surface area contributed by atoms with Crippen molar-refractivity contribution in [3.05, 3.63) is 52.7 Å². The smallest absolute Gasteiger partial charge is 0.0678 e. The highest BCUT2D eigenvalue weighted by atomic mass is 16.3. The van der Waals surface area contributed by atoms with Crippen LogP contribution in [-0.2, 0) is 7.05 Å². The number of aryl methyl sites for hydroxylation is 3. The Hall–Kier alpha value is -1.80. The zero-order chi connectivity index (χ0) is 14.0. The number of aromatic nitrogens is 1. The van der Waals surface area contributed by atoms with Gasteiger partial charge in [0.1, 0.15) is 0 Å². The summed E-state index contributed by atoms with van der Waals surface area (Å²) in [6.45, 7) is 6.28. The highest BCUT2D eigenvalue weighted by molar-refractivity contribution is 5.88. The molecular formula is C17H21NO. The Balaban J connectivity index is 2.55. The van der Waals surface area contributed by atoms with Gasteiger partial charge in [0.05, 0.1) is 6.61 Å². The Kier molecular flexibility index (Phi) is 3.91. The van der Waals surface area contributed by atoms with Crippen LogP contribution in [0.4, 0.5) is 0 Å². The first-order valence-electron chi connectivity index (χ1n) is 6.58. The van der Waals surface area contributed by atoms with Crippen LogP contribution >= 0.6 is 0 Å². The van der Waals surface area contributed by atoms with Crippen LogP contribution in [0, 0.1) is 13.8 Å². The minimum absolute atomic E-state index is 0.0785. The van der Waals surface area contributed by atoms with Gasteiger partial charge in [0.15, 0.2) is 0 Å². The van der Waals surface area contributed by atoms with Gasteiger partial charge >= 0.3 is 0 Å². The van der Waals surface area contributed by atoms with Crippen LogP contribution in [0.25, 0.3) is 17.0 Å². The second-order valence-corrected chi connectivity index (χ2v) is 4.94. The van der Waals surface area contributed by atoms with Gasteiger partial charge in [0.2, 0.25) is 0 Å². The molecule has 0 unspecified atom stereocenters. The number of benzene rings is 1. The lowest BCUT2D eigenvalue weighted by Crippen LogP contribution is -1.92. The normalized spacial score (nSPS) is 12.8. The number of aliphatic hydroxyl groups is 1. The summed E-state index contributed by atoms with van der Waals surface area (Å²) in [6, 6.07) is 6.53. The molecule has 1 aromatic heterocycles. The van der Waals surface area contributed by atoms with Crippen molar-refractivity contribution in [2.75, 3.05) is 6.61 Å². The summed E-state index contributed by atoms with van der Waals surface area (Å²) < 4.78 is 2.20. The summed E-state index contributed by atoms with van der Waals surface area (Å²) in [6.07, 6.45) is 5.99. The van der Waals surface area contributed by atoms with E-state index in [-0.39, 0.29) is 6.61 Å². The van der Waals surface area contributed by atoms with Gasteiger partial charge in [0.25, 0.3) is 0 Å². The van der Waals surface area contributed by atoms with Crippen LogP contribution in [0.1, 0.15) is 23.7 Å². The largest absolute Gasteiger partial charge is 0.392 e. The molecular weight excluding hydrogens is 234 g/mol. The molecule has 0 saturated heterocycles. The highest BCUT2D eigenvalue weighted by Crippen LogP contribution is 2.26. The Morgan fingerprint density at radius 3 is 2.68 bits per heavy atom. The van der Waals surface area contributed by atoms with E-state index in [0.717, 1.165) is 5.57 Å². The SMILES string of the molecule is C/C=C(\C=C/c1c(C)c2cc(C)ccc2n1C)CO. The average Bonchev–Trinajstić information content (AvgIpc) is 2.64. The van der Waals surface area contributed by atoms with E-state index >= 15 is 0 Å². The minimum Gasteiger partial charge on any atom is -0.392 e. The molecule has 0 bridgehead atoms. The maximum absolute atomic E-state index is 9.19. The summed E-state index contributed by atoms with van der Waals surface area (Å²) in [4.78, 5) is 0. The molecule has 2 rings (SSSR count). The first-order chi connectivity index (χ1) is 9.08. The van der Waals surface area contributed by atoms with Gasteiger partial charge < -0.3 is 9.67 Å². The summed E-state index contributed by atoms with van der Waals surface area (Å²) in [5, 5.41) is 10.5. The number of nitrogens with zero attached hydrogens (tertiary/aromatic N) is 1. The van der Waals surface area contributed by atoms with Gasteiger partial charge in [-0.25, -0.2) is 0 Å². The van der Waals surface area contributed by atoms with Crippen molar-refractivity contribution in [1.82, 2.24) is 4.57 Å². The number of allylic oxidation sites excluding steroid dienone is 1. The molecule has 0 saturated carbocycles. The lowest BCUT2D eigenvalue weighted by atomic mass is 10.1. The molecule has 0 fully saturated rings. The molecule has 2 heteroatoms. The van der Waals surface area contributed by atoms with Crippen molar-refractivity contribution in [1.29, 1.82) is 0 Å². The lowest BCUT2D eigenvalue weighted by Gasteiger charge is -2.01. The summed E-state index contributed by atoms with van der Waals surface area (Å²) in [5.41, 5.74) is 5.93. The molecule has 1 N–H and O–H groups in total. The van der Waals surface area contributed by atoms with Crippen molar-refractivity contribution in [3.8, 4) is 0 Å². The van der Waals surface area contributed by atoms with E-state index in [9.17, 15) is 5.11 Å². The molecule has 0 atom stereocenters. The number of hydrogen-bond acceptors (Lipinski definition) is 1. The number of hydrogen-bond donors (Lipinski definition) is 1. The second kappa shape index (κ2) is 5.45. The topological polar surface area (TPSA) is 25.2 Å². The van der Waals surface area contributed by atoms with Gasteiger partial charge in [0, 0.05) is 23.6 Å². The van der Waals surface area contributed by atoms with E-state index in [1.165, 1.54) is 27.7 Å². The molecule has 0 aliphatic carbocycles. The Morgan fingerprint density at radius 1 is 1.32 bits per heavy atom. The van der Waals surface area contributed by atoms with Gasteiger partial charge in [-0.2, -0.15) is 0 Å². The molecule has 2 aromatic rings. The zero-order valence-electron chi connectivity index (χ0n) is 12.1. The molecule has 1 heterocycles. The fourth-order valence-corrected chi connectivity index (χ4v) is 2.43. The molecule has 0 aliphatic rings. The Bertz CT molecular complexity index is 659. The van der Waals surface area contributed by atoms with Gasteiger partial charge in [-0.1, -0.05) is 23.8 Å². The van der Waals surface area contributed by atoms with E-state index in [0.29, 0.717) is 0 Å². The predicted octanol–water partition coefficient (Wildman–Crippen LogP) is 3.75. The van der Waals surface area contributed by atoms with Gasteiger partial charge in [-0.15, -0.1) is 0 Å². The van der Waals surface area contributed by atoms with E-state index in [1.54, 1.807) is 0 Å². The maximum Gasteiger partial charge on any atom is 0.0678 e. The van der Waals surface area contributed by atoms with Crippen molar-refractivity contribution >= 4 is 17.0 Å². The van der Waals surface area contributed by atoms with Gasteiger partial charge in [-0.3, -0.25) is 0 Å². The van der Waals surface area contributed by atoms with Crippen molar-refractivity contribution in [2.24, 2.45) is 7.05 Å². The average molecular weight is 255 g/mol. The maximum atomic E-state index is 9.19. The van der Waals surface area contributed by atoms with Crippen LogP contribution in [0.5, 0.6) is 0 Å². The third-order valence-corrected chi connectivity index (χ3v) is 3.67. The molecule has 0 aliphatic heterocycles. The van der Waals surface area contributed by atoms with E-state index in [2.05, 4.69) is 49.7 Å². The zero-order valence-corrected chi connectivity index (χ0v) is 12.1. The molecule has 0 radical (unpaired) electrons. The fourth-order valence-electron chi connectivity index (χ4n) is 2.43. The van der Waals surface area contributed by atoms with Crippen LogP contribution in [0.15, 0.2) is 35.9 Å². The number of rotatable bonds is 3. The predicted molar refractivity (Wildman–Crippen MR) is 82.3 cm³/mol. The molecule has 0 spiro atoms. The van der Waals surface area contributed by atoms with Gasteiger partial charge in [-0.05, 0) is 50.1 Å². The third-order valence-electron chi connectivity index (χ3n) is 3.67. The number of aliphatic hydroxyl groups excluding tert-OH is 1. The molecule has 19 heavy (non-hydrogen) atoms. The van der Waals surface area contributed by atoms with Crippen LogP contribution in [0.3, 0.4) is 0 Å². The fraction of sp³-hybridized carbons (Fsp3) is 0.294. The van der Waals surface area contributed by atoms with E-state index in [1.807, 2.05) is 19.1 Å². The Labute approximate surface area is 114 Å². The number of fused-ring (bicyclic) bond motifs is 1. The molecule has 100 valence electrons. The monoisotopic (exact) mass is 255 g/mol. The third kappa shape index (κ3) is 2.49. The summed E-state index contributed by atoms with van der Waals surface area (Å²) in [5.74, 6) is 0. The van der Waals surface area contributed by atoms with Crippen molar-refractivity contribution < 1.29 is 5.11 Å². The van der Waals surface area contributed by atoms with E-state index in [4.69, 9.17) is 0 Å². The first kappa shape index (κ1) is 13.6. The second-order valence-electron chi connectivity index (χ2n) is 4.94. The molecule has 2 nitrogen and oxygen atoms in total. The van der Waals surface area contributed by atoms with Crippen LogP contribution in [-0.4, -0.2) is 16.3 Å². The molecule has 0 amide bonds.